The van der Waals surface area contributed by atoms with Gasteiger partial charge in [-0.05, 0) is 48.8 Å². The largest absolute Gasteiger partial charge is 0.328 e. The molecule has 1 aromatic rings. The molecule has 1 saturated heterocycles. The van der Waals surface area contributed by atoms with E-state index in [4.69, 9.17) is 12.2 Å². The number of amides is 2. The molecular weight excluding hydrogens is 322 g/mol. The summed E-state index contributed by atoms with van der Waals surface area (Å²) in [6, 6.07) is 7.56. The third-order valence-corrected chi connectivity index (χ3v) is 4.69. The molecule has 2 fully saturated rings. The van der Waals surface area contributed by atoms with E-state index in [1.54, 1.807) is 11.0 Å². The fourth-order valence-electron chi connectivity index (χ4n) is 3.25. The predicted molar refractivity (Wildman–Crippen MR) is 98.2 cm³/mol. The topological polar surface area (TPSA) is 61.4 Å². The highest BCUT2D eigenvalue weighted by atomic mass is 32.1. The van der Waals surface area contributed by atoms with Gasteiger partial charge in [0.15, 0.2) is 5.11 Å². The average molecular weight is 343 g/mol. The Labute approximate surface area is 147 Å². The Kier molecular flexibility index (Phi) is 4.94. The van der Waals surface area contributed by atoms with Crippen LogP contribution in [0.2, 0.25) is 0 Å². The van der Waals surface area contributed by atoms with Crippen molar-refractivity contribution < 1.29 is 9.59 Å². The Morgan fingerprint density at radius 1 is 1.25 bits per heavy atom. The summed E-state index contributed by atoms with van der Waals surface area (Å²) in [5.74, 6) is -0.153. The third-order valence-electron chi connectivity index (χ3n) is 4.39. The van der Waals surface area contributed by atoms with Gasteiger partial charge in [0.05, 0.1) is 0 Å². The van der Waals surface area contributed by atoms with Crippen LogP contribution in [-0.2, 0) is 9.59 Å². The zero-order valence-electron chi connectivity index (χ0n) is 13.7. The molecule has 2 aliphatic rings. The van der Waals surface area contributed by atoms with Gasteiger partial charge in [0.2, 0.25) is 5.91 Å². The molecule has 0 spiro atoms. The van der Waals surface area contributed by atoms with Crippen molar-refractivity contribution in [3.8, 4) is 0 Å². The van der Waals surface area contributed by atoms with E-state index >= 15 is 0 Å². The fourth-order valence-corrected chi connectivity index (χ4v) is 3.59. The zero-order valence-corrected chi connectivity index (χ0v) is 14.5. The number of rotatable bonds is 3. The molecule has 3 rings (SSSR count). The minimum Gasteiger partial charge on any atom is -0.328 e. The molecule has 1 saturated carbocycles. The van der Waals surface area contributed by atoms with Gasteiger partial charge in [0.1, 0.15) is 5.70 Å². The fraction of sp³-hybridized carbons (Fsp3) is 0.389. The quantitative estimate of drug-likeness (QED) is 0.654. The lowest BCUT2D eigenvalue weighted by Gasteiger charge is -2.29. The van der Waals surface area contributed by atoms with Gasteiger partial charge in [-0.3, -0.25) is 14.5 Å². The lowest BCUT2D eigenvalue weighted by atomic mass is 9.94. The molecule has 24 heavy (non-hydrogen) atoms. The predicted octanol–water partition coefficient (Wildman–Crippen LogP) is 3.04. The Balaban J connectivity index is 1.74. The van der Waals surface area contributed by atoms with E-state index in [1.807, 2.05) is 24.3 Å². The lowest BCUT2D eigenvalue weighted by Crippen LogP contribution is -2.41. The van der Waals surface area contributed by atoms with Crippen LogP contribution in [0.1, 0.15) is 44.6 Å². The molecule has 0 bridgehead atoms. The van der Waals surface area contributed by atoms with E-state index < -0.39 is 0 Å². The van der Waals surface area contributed by atoms with Gasteiger partial charge in [0, 0.05) is 18.7 Å². The molecule has 2 N–H and O–H groups in total. The molecule has 0 atom stereocenters. The van der Waals surface area contributed by atoms with Gasteiger partial charge in [0.25, 0.3) is 5.91 Å². The summed E-state index contributed by atoms with van der Waals surface area (Å²) in [5, 5.41) is 6.27. The SMILES string of the molecule is CC(=O)Nc1ccc(/C=C2\NC(=S)N(C3CCCCC3)C2=O)cc1. The molecule has 5 nitrogen and oxygen atoms in total. The highest BCUT2D eigenvalue weighted by molar-refractivity contribution is 7.80. The first kappa shape index (κ1) is 16.6. The normalized spacial score (nSPS) is 20.4. The zero-order chi connectivity index (χ0) is 17.1. The number of benzene rings is 1. The van der Waals surface area contributed by atoms with Crippen molar-refractivity contribution in [3.05, 3.63) is 35.5 Å². The number of nitrogens with one attached hydrogen (secondary N) is 2. The first-order valence-electron chi connectivity index (χ1n) is 8.28. The first-order chi connectivity index (χ1) is 11.5. The van der Waals surface area contributed by atoms with E-state index in [1.165, 1.54) is 13.3 Å². The summed E-state index contributed by atoms with van der Waals surface area (Å²) in [5.41, 5.74) is 2.13. The van der Waals surface area contributed by atoms with Gasteiger partial charge in [-0.1, -0.05) is 31.4 Å². The van der Waals surface area contributed by atoms with E-state index in [2.05, 4.69) is 10.6 Å². The maximum absolute atomic E-state index is 12.7. The summed E-state index contributed by atoms with van der Waals surface area (Å²) in [6.45, 7) is 1.47. The second-order valence-electron chi connectivity index (χ2n) is 6.26. The van der Waals surface area contributed by atoms with Crippen molar-refractivity contribution in [2.75, 3.05) is 5.32 Å². The molecule has 1 aliphatic heterocycles. The van der Waals surface area contributed by atoms with Gasteiger partial charge in [-0.2, -0.15) is 0 Å². The number of hydrogen-bond donors (Lipinski definition) is 2. The van der Waals surface area contributed by atoms with Crippen LogP contribution in [0.15, 0.2) is 30.0 Å². The molecule has 1 heterocycles. The third kappa shape index (κ3) is 3.64. The number of thiocarbonyl (C=S) groups is 1. The summed E-state index contributed by atoms with van der Waals surface area (Å²) in [6.07, 6.45) is 7.39. The van der Waals surface area contributed by atoms with Crippen LogP contribution in [0.5, 0.6) is 0 Å². The van der Waals surface area contributed by atoms with Gasteiger partial charge in [-0.15, -0.1) is 0 Å². The van der Waals surface area contributed by atoms with Crippen LogP contribution >= 0.6 is 12.2 Å². The van der Waals surface area contributed by atoms with Crippen molar-refractivity contribution in [2.24, 2.45) is 0 Å². The summed E-state index contributed by atoms with van der Waals surface area (Å²) in [7, 11) is 0. The monoisotopic (exact) mass is 343 g/mol. The van der Waals surface area contributed by atoms with E-state index in [-0.39, 0.29) is 17.9 Å². The van der Waals surface area contributed by atoms with E-state index in [0.717, 1.165) is 36.9 Å². The molecule has 0 aromatic heterocycles. The average Bonchev–Trinajstić information content (AvgIpc) is 2.83. The standard InChI is InChI=1S/C18H21N3O2S/c1-12(22)19-14-9-7-13(8-10-14)11-16-17(23)21(18(24)20-16)15-5-3-2-4-6-15/h7-11,15H,2-6H2,1H3,(H,19,22)(H,20,24)/b16-11-. The second kappa shape index (κ2) is 7.13. The summed E-state index contributed by atoms with van der Waals surface area (Å²) >= 11 is 5.37. The van der Waals surface area contributed by atoms with Gasteiger partial charge < -0.3 is 10.6 Å². The van der Waals surface area contributed by atoms with Crippen LogP contribution in [0.25, 0.3) is 6.08 Å². The van der Waals surface area contributed by atoms with Crippen LogP contribution in [0, 0.1) is 0 Å². The smallest absolute Gasteiger partial charge is 0.276 e. The Hall–Kier alpha value is -2.21. The number of nitrogens with zero attached hydrogens (tertiary/aromatic N) is 1. The number of carbonyl (C=O) groups is 2. The summed E-state index contributed by atoms with van der Waals surface area (Å²) < 4.78 is 0. The molecule has 6 heteroatoms. The molecule has 1 aliphatic carbocycles. The van der Waals surface area contributed by atoms with Crippen LogP contribution in [0.4, 0.5) is 5.69 Å². The maximum Gasteiger partial charge on any atom is 0.276 e. The molecule has 1 aromatic carbocycles. The summed E-state index contributed by atoms with van der Waals surface area (Å²) in [4.78, 5) is 25.5. The molecule has 2 amide bonds. The van der Waals surface area contributed by atoms with Gasteiger partial charge in [-0.25, -0.2) is 0 Å². The van der Waals surface area contributed by atoms with Crippen molar-refractivity contribution in [2.45, 2.75) is 45.1 Å². The Morgan fingerprint density at radius 3 is 2.54 bits per heavy atom. The van der Waals surface area contributed by atoms with E-state index in [0.29, 0.717) is 10.8 Å². The highest BCUT2D eigenvalue weighted by Gasteiger charge is 2.36. The number of anilines is 1. The van der Waals surface area contributed by atoms with Crippen LogP contribution in [0.3, 0.4) is 0 Å². The van der Waals surface area contributed by atoms with Crippen molar-refractivity contribution in [1.82, 2.24) is 10.2 Å². The van der Waals surface area contributed by atoms with Gasteiger partial charge >= 0.3 is 0 Å². The first-order valence-corrected chi connectivity index (χ1v) is 8.69. The number of carbonyl (C=O) groups excluding carboxylic acids is 2. The van der Waals surface area contributed by atoms with Crippen molar-refractivity contribution in [1.29, 1.82) is 0 Å². The maximum atomic E-state index is 12.7. The second-order valence-corrected chi connectivity index (χ2v) is 6.65. The van der Waals surface area contributed by atoms with Crippen molar-refractivity contribution >= 4 is 40.9 Å². The molecule has 0 unspecified atom stereocenters. The van der Waals surface area contributed by atoms with E-state index in [9.17, 15) is 9.59 Å². The Bertz CT molecular complexity index is 691. The van der Waals surface area contributed by atoms with Crippen LogP contribution in [-0.4, -0.2) is 27.9 Å². The molecule has 0 radical (unpaired) electrons. The minimum atomic E-state index is -0.109. The Morgan fingerprint density at radius 2 is 1.92 bits per heavy atom. The van der Waals surface area contributed by atoms with Crippen molar-refractivity contribution in [3.63, 3.8) is 0 Å². The highest BCUT2D eigenvalue weighted by Crippen LogP contribution is 2.27. The number of hydrogen-bond acceptors (Lipinski definition) is 3. The minimum absolute atomic E-state index is 0.0437. The van der Waals surface area contributed by atoms with Crippen LogP contribution < -0.4 is 10.6 Å². The molecular formula is C18H21N3O2S. The lowest BCUT2D eigenvalue weighted by molar-refractivity contribution is -0.124. The molecule has 126 valence electrons.